The van der Waals surface area contributed by atoms with Gasteiger partial charge in [0.15, 0.2) is 16.7 Å². The molecular formula is C17H19FN2OS. The van der Waals surface area contributed by atoms with Crippen LogP contribution in [0.2, 0.25) is 0 Å². The lowest BCUT2D eigenvalue weighted by atomic mass is 10.1. The summed E-state index contributed by atoms with van der Waals surface area (Å²) in [5.41, 5.74) is 3.34. The van der Waals surface area contributed by atoms with E-state index in [0.29, 0.717) is 18.3 Å². The van der Waals surface area contributed by atoms with E-state index in [-0.39, 0.29) is 11.6 Å². The monoisotopic (exact) mass is 318 g/mol. The summed E-state index contributed by atoms with van der Waals surface area (Å²) in [7, 11) is 0. The van der Waals surface area contributed by atoms with Gasteiger partial charge in [0.05, 0.1) is 6.54 Å². The molecule has 116 valence electrons. The minimum absolute atomic E-state index is 0.248. The Hall–Kier alpha value is -2.14. The first kappa shape index (κ1) is 16.2. The number of benzene rings is 2. The zero-order chi connectivity index (χ0) is 15.9. The first-order valence-corrected chi connectivity index (χ1v) is 7.47. The molecule has 0 aliphatic carbocycles. The number of thiocarbonyl (C=S) groups is 1. The first-order valence-electron chi connectivity index (χ1n) is 7.06. The highest BCUT2D eigenvalue weighted by Crippen LogP contribution is 2.17. The van der Waals surface area contributed by atoms with Crippen LogP contribution in [0.25, 0.3) is 0 Å². The third-order valence-corrected chi connectivity index (χ3v) is 3.58. The lowest BCUT2D eigenvalue weighted by molar-refractivity contribution is 0.306. The van der Waals surface area contributed by atoms with E-state index in [1.54, 1.807) is 18.2 Å². The van der Waals surface area contributed by atoms with Gasteiger partial charge in [-0.2, -0.15) is 0 Å². The van der Waals surface area contributed by atoms with Crippen molar-refractivity contribution in [3.05, 3.63) is 59.4 Å². The molecule has 0 unspecified atom stereocenters. The molecule has 0 heterocycles. The highest BCUT2D eigenvalue weighted by atomic mass is 32.1. The fourth-order valence-electron chi connectivity index (χ4n) is 1.94. The summed E-state index contributed by atoms with van der Waals surface area (Å²) in [5.74, 6) is -0.115. The zero-order valence-corrected chi connectivity index (χ0v) is 13.5. The summed E-state index contributed by atoms with van der Waals surface area (Å²) >= 11 is 5.24. The maximum Gasteiger partial charge on any atom is 0.170 e. The summed E-state index contributed by atoms with van der Waals surface area (Å²) < 4.78 is 18.7. The third-order valence-electron chi connectivity index (χ3n) is 3.33. The van der Waals surface area contributed by atoms with Crippen molar-refractivity contribution in [2.45, 2.75) is 13.8 Å². The molecule has 0 amide bonds. The molecule has 22 heavy (non-hydrogen) atoms. The van der Waals surface area contributed by atoms with Crippen LogP contribution in [0.4, 0.5) is 10.1 Å². The van der Waals surface area contributed by atoms with Crippen LogP contribution < -0.4 is 15.4 Å². The largest absolute Gasteiger partial charge is 0.489 e. The number of anilines is 1. The van der Waals surface area contributed by atoms with Crippen LogP contribution in [-0.2, 0) is 0 Å². The summed E-state index contributed by atoms with van der Waals surface area (Å²) in [6, 6.07) is 12.3. The second-order valence-electron chi connectivity index (χ2n) is 4.91. The minimum atomic E-state index is -0.362. The van der Waals surface area contributed by atoms with Crippen molar-refractivity contribution in [2.75, 3.05) is 18.5 Å². The topological polar surface area (TPSA) is 33.3 Å². The van der Waals surface area contributed by atoms with Gasteiger partial charge in [0.25, 0.3) is 0 Å². The molecule has 0 saturated carbocycles. The van der Waals surface area contributed by atoms with E-state index in [1.807, 2.05) is 19.1 Å². The molecule has 2 rings (SSSR count). The number of halogens is 1. The van der Waals surface area contributed by atoms with E-state index >= 15 is 0 Å². The minimum Gasteiger partial charge on any atom is -0.489 e. The number of aryl methyl sites for hydroxylation is 1. The Morgan fingerprint density at radius 2 is 1.91 bits per heavy atom. The molecule has 2 N–H and O–H groups in total. The van der Waals surface area contributed by atoms with Crippen molar-refractivity contribution in [3.8, 4) is 5.75 Å². The second-order valence-corrected chi connectivity index (χ2v) is 5.32. The Labute approximate surface area is 135 Å². The smallest absolute Gasteiger partial charge is 0.170 e. The Morgan fingerprint density at radius 1 is 1.14 bits per heavy atom. The van der Waals surface area contributed by atoms with Crippen LogP contribution in [0.3, 0.4) is 0 Å². The molecule has 3 nitrogen and oxygen atoms in total. The summed E-state index contributed by atoms with van der Waals surface area (Å²) in [4.78, 5) is 0. The van der Waals surface area contributed by atoms with E-state index in [2.05, 4.69) is 23.6 Å². The average Bonchev–Trinajstić information content (AvgIpc) is 2.50. The number of hydrogen-bond donors (Lipinski definition) is 2. The van der Waals surface area contributed by atoms with Gasteiger partial charge in [-0.15, -0.1) is 0 Å². The quantitative estimate of drug-likeness (QED) is 0.649. The number of ether oxygens (including phenoxy) is 1. The van der Waals surface area contributed by atoms with Crippen molar-refractivity contribution in [1.82, 2.24) is 5.32 Å². The standard InChI is InChI=1S/C17H19FN2OS/c1-12-6-5-8-15(13(12)2)20-17(22)19-10-11-21-16-9-4-3-7-14(16)18/h3-9H,10-11H2,1-2H3,(H2,19,20,22). The molecule has 2 aromatic rings. The predicted molar refractivity (Wildman–Crippen MR) is 92.0 cm³/mol. The Morgan fingerprint density at radius 3 is 2.68 bits per heavy atom. The molecule has 0 spiro atoms. The van der Waals surface area contributed by atoms with Gasteiger partial charge in [-0.1, -0.05) is 24.3 Å². The summed E-state index contributed by atoms with van der Waals surface area (Å²) in [6.45, 7) is 4.92. The van der Waals surface area contributed by atoms with E-state index in [1.165, 1.54) is 11.6 Å². The van der Waals surface area contributed by atoms with Crippen LogP contribution in [0.5, 0.6) is 5.75 Å². The number of nitrogens with one attached hydrogen (secondary N) is 2. The van der Waals surface area contributed by atoms with Gasteiger partial charge in [0.2, 0.25) is 0 Å². The Balaban J connectivity index is 1.76. The lowest BCUT2D eigenvalue weighted by Crippen LogP contribution is -2.32. The Bertz CT molecular complexity index is 661. The number of para-hydroxylation sites is 1. The molecule has 5 heteroatoms. The molecule has 0 aliphatic rings. The Kier molecular flexibility index (Phi) is 5.72. The van der Waals surface area contributed by atoms with Crippen molar-refractivity contribution in [1.29, 1.82) is 0 Å². The van der Waals surface area contributed by atoms with Crippen molar-refractivity contribution >= 4 is 23.0 Å². The van der Waals surface area contributed by atoms with Crippen LogP contribution in [0.15, 0.2) is 42.5 Å². The van der Waals surface area contributed by atoms with E-state index in [4.69, 9.17) is 17.0 Å². The van der Waals surface area contributed by atoms with E-state index in [9.17, 15) is 4.39 Å². The van der Waals surface area contributed by atoms with E-state index < -0.39 is 0 Å². The van der Waals surface area contributed by atoms with Crippen LogP contribution >= 0.6 is 12.2 Å². The molecule has 0 fully saturated rings. The fraction of sp³-hybridized carbons (Fsp3) is 0.235. The predicted octanol–water partition coefficient (Wildman–Crippen LogP) is 3.81. The normalized spacial score (nSPS) is 10.1. The van der Waals surface area contributed by atoms with Gasteiger partial charge >= 0.3 is 0 Å². The maximum atomic E-state index is 13.4. The van der Waals surface area contributed by atoms with Gasteiger partial charge in [0.1, 0.15) is 6.61 Å². The van der Waals surface area contributed by atoms with Gasteiger partial charge in [0, 0.05) is 5.69 Å². The van der Waals surface area contributed by atoms with Gasteiger partial charge in [-0.25, -0.2) is 4.39 Å². The molecule has 2 aromatic carbocycles. The highest BCUT2D eigenvalue weighted by Gasteiger charge is 2.03. The summed E-state index contributed by atoms with van der Waals surface area (Å²) in [6.07, 6.45) is 0. The lowest BCUT2D eigenvalue weighted by Gasteiger charge is -2.14. The highest BCUT2D eigenvalue weighted by molar-refractivity contribution is 7.80. The van der Waals surface area contributed by atoms with Crippen molar-refractivity contribution in [2.24, 2.45) is 0 Å². The zero-order valence-electron chi connectivity index (χ0n) is 12.7. The number of rotatable bonds is 5. The van der Waals surface area contributed by atoms with E-state index in [0.717, 1.165) is 11.3 Å². The SMILES string of the molecule is Cc1cccc(NC(=S)NCCOc2ccccc2F)c1C. The molecular weight excluding hydrogens is 299 g/mol. The van der Waals surface area contributed by atoms with Crippen LogP contribution in [-0.4, -0.2) is 18.3 Å². The summed E-state index contributed by atoms with van der Waals surface area (Å²) in [5, 5.41) is 6.71. The molecule has 0 atom stereocenters. The van der Waals surface area contributed by atoms with Gasteiger partial charge in [-0.3, -0.25) is 0 Å². The van der Waals surface area contributed by atoms with Gasteiger partial charge in [-0.05, 0) is 55.4 Å². The fourth-order valence-corrected chi connectivity index (χ4v) is 2.15. The van der Waals surface area contributed by atoms with Crippen molar-refractivity contribution < 1.29 is 9.13 Å². The van der Waals surface area contributed by atoms with Gasteiger partial charge < -0.3 is 15.4 Å². The molecule has 0 bridgehead atoms. The van der Waals surface area contributed by atoms with Crippen LogP contribution in [0, 0.1) is 19.7 Å². The molecule has 0 radical (unpaired) electrons. The average molecular weight is 318 g/mol. The third kappa shape index (κ3) is 4.43. The number of hydrogen-bond acceptors (Lipinski definition) is 2. The molecule has 0 aromatic heterocycles. The van der Waals surface area contributed by atoms with Crippen molar-refractivity contribution in [3.63, 3.8) is 0 Å². The molecule has 0 saturated heterocycles. The first-order chi connectivity index (χ1) is 10.6. The van der Waals surface area contributed by atoms with Crippen LogP contribution in [0.1, 0.15) is 11.1 Å². The second kappa shape index (κ2) is 7.75. The molecule has 0 aliphatic heterocycles. The maximum absolute atomic E-state index is 13.4.